The van der Waals surface area contributed by atoms with Crippen LogP contribution in [0.25, 0.3) is 15.3 Å². The van der Waals surface area contributed by atoms with Gasteiger partial charge in [-0.2, -0.15) is 9.78 Å². The number of fused-ring (bicyclic) bond motifs is 1. The maximum atomic E-state index is 11.1. The van der Waals surface area contributed by atoms with E-state index in [1.807, 2.05) is 19.2 Å². The first-order valence-corrected chi connectivity index (χ1v) is 7.43. The Hall–Kier alpha value is -1.73. The molecular weight excluding hydrogens is 282 g/mol. The molecule has 0 radical (unpaired) electrons. The van der Waals surface area contributed by atoms with Gasteiger partial charge in [-0.05, 0) is 12.0 Å². The molecule has 0 amide bonds. The van der Waals surface area contributed by atoms with Gasteiger partial charge in [0.25, 0.3) is 0 Å². The molecule has 7 heteroatoms. The summed E-state index contributed by atoms with van der Waals surface area (Å²) >= 11 is 2.72. The van der Waals surface area contributed by atoms with Gasteiger partial charge in [-0.1, -0.05) is 13.8 Å². The minimum Gasteiger partial charge on any atom is -0.477 e. The summed E-state index contributed by atoms with van der Waals surface area (Å²) in [6, 6.07) is 1.70. The largest absolute Gasteiger partial charge is 0.477 e. The summed E-state index contributed by atoms with van der Waals surface area (Å²) in [6.07, 6.45) is 1.72. The highest BCUT2D eigenvalue weighted by Crippen LogP contribution is 2.34. The van der Waals surface area contributed by atoms with E-state index in [-0.39, 0.29) is 5.92 Å². The average molecular weight is 293 g/mol. The van der Waals surface area contributed by atoms with Gasteiger partial charge in [-0.15, -0.1) is 22.7 Å². The second-order valence-electron chi connectivity index (χ2n) is 4.40. The Morgan fingerprint density at radius 3 is 2.84 bits per heavy atom. The number of nitrogens with zero attached hydrogens (tertiary/aromatic N) is 3. The van der Waals surface area contributed by atoms with Crippen molar-refractivity contribution in [1.29, 1.82) is 0 Å². The van der Waals surface area contributed by atoms with Crippen molar-refractivity contribution >= 4 is 38.9 Å². The van der Waals surface area contributed by atoms with Crippen molar-refractivity contribution in [1.82, 2.24) is 14.8 Å². The van der Waals surface area contributed by atoms with E-state index in [4.69, 9.17) is 5.11 Å². The minimum absolute atomic E-state index is 0.236. The molecule has 0 aromatic carbocycles. The maximum absolute atomic E-state index is 11.1. The third-order valence-corrected chi connectivity index (χ3v) is 4.59. The Morgan fingerprint density at radius 2 is 2.26 bits per heavy atom. The molecule has 19 heavy (non-hydrogen) atoms. The Kier molecular flexibility index (Phi) is 2.87. The van der Waals surface area contributed by atoms with E-state index in [1.54, 1.807) is 16.9 Å². The maximum Gasteiger partial charge on any atom is 0.345 e. The number of aromatic carboxylic acids is 1. The molecule has 0 fully saturated rings. The van der Waals surface area contributed by atoms with Gasteiger partial charge in [-0.3, -0.25) is 0 Å². The van der Waals surface area contributed by atoms with Crippen LogP contribution in [-0.2, 0) is 0 Å². The highest BCUT2D eigenvalue weighted by molar-refractivity contribution is 7.20. The number of thiophene rings is 1. The molecule has 0 spiro atoms. The van der Waals surface area contributed by atoms with Gasteiger partial charge >= 0.3 is 5.97 Å². The molecule has 3 rings (SSSR count). The summed E-state index contributed by atoms with van der Waals surface area (Å²) in [6.45, 7) is 4.10. The van der Waals surface area contributed by atoms with Gasteiger partial charge < -0.3 is 5.11 Å². The van der Waals surface area contributed by atoms with Crippen molar-refractivity contribution < 1.29 is 9.90 Å². The van der Waals surface area contributed by atoms with Crippen LogP contribution in [-0.4, -0.2) is 25.8 Å². The summed E-state index contributed by atoms with van der Waals surface area (Å²) in [4.78, 5) is 16.5. The zero-order chi connectivity index (χ0) is 13.6. The number of carboxylic acid groups (broad SMARTS) is 1. The van der Waals surface area contributed by atoms with Crippen molar-refractivity contribution in [2.75, 3.05) is 0 Å². The van der Waals surface area contributed by atoms with Crippen LogP contribution in [0.15, 0.2) is 17.6 Å². The summed E-state index contributed by atoms with van der Waals surface area (Å²) in [5, 5.41) is 17.2. The van der Waals surface area contributed by atoms with E-state index in [1.165, 1.54) is 22.7 Å². The molecule has 3 aromatic heterocycles. The molecule has 0 saturated heterocycles. The van der Waals surface area contributed by atoms with E-state index in [0.29, 0.717) is 4.88 Å². The molecule has 0 saturated carbocycles. The highest BCUT2D eigenvalue weighted by Gasteiger charge is 2.20. The molecular formula is C12H11N3O2S2. The number of hydrogen-bond acceptors (Lipinski definition) is 5. The van der Waals surface area contributed by atoms with Crippen molar-refractivity contribution in [3.05, 3.63) is 28.2 Å². The lowest BCUT2D eigenvalue weighted by Gasteiger charge is -1.99. The van der Waals surface area contributed by atoms with Gasteiger partial charge in [0, 0.05) is 17.0 Å². The molecule has 0 atom stereocenters. The average Bonchev–Trinajstić information content (AvgIpc) is 3.03. The highest BCUT2D eigenvalue weighted by atomic mass is 32.1. The number of carboxylic acids is 1. The van der Waals surface area contributed by atoms with E-state index < -0.39 is 5.97 Å². The molecule has 0 aliphatic heterocycles. The molecule has 1 N–H and O–H groups in total. The lowest BCUT2D eigenvalue weighted by Crippen LogP contribution is -1.97. The SMILES string of the molecule is CC(C)c1nn(-c2nccs2)c2sc(C(=O)O)cc12. The third-order valence-electron chi connectivity index (χ3n) is 2.75. The molecule has 0 bridgehead atoms. The van der Waals surface area contributed by atoms with E-state index >= 15 is 0 Å². The van der Waals surface area contributed by atoms with Gasteiger partial charge in [-0.25, -0.2) is 9.78 Å². The lowest BCUT2D eigenvalue weighted by atomic mass is 10.1. The number of carbonyl (C=O) groups is 1. The van der Waals surface area contributed by atoms with Gasteiger partial charge in [0.15, 0.2) is 0 Å². The first-order chi connectivity index (χ1) is 9.08. The molecule has 3 aromatic rings. The second-order valence-corrected chi connectivity index (χ2v) is 6.30. The third kappa shape index (κ3) is 1.95. The van der Waals surface area contributed by atoms with Crippen molar-refractivity contribution in [2.24, 2.45) is 0 Å². The fourth-order valence-electron chi connectivity index (χ4n) is 1.91. The minimum atomic E-state index is -0.901. The second kappa shape index (κ2) is 4.43. The van der Waals surface area contributed by atoms with Crippen LogP contribution < -0.4 is 0 Å². The molecule has 0 aliphatic carbocycles. The molecule has 0 unspecified atom stereocenters. The zero-order valence-electron chi connectivity index (χ0n) is 10.3. The predicted molar refractivity (Wildman–Crippen MR) is 75.7 cm³/mol. The van der Waals surface area contributed by atoms with E-state index in [0.717, 1.165) is 21.0 Å². The van der Waals surface area contributed by atoms with Crippen LogP contribution in [0.1, 0.15) is 35.1 Å². The van der Waals surface area contributed by atoms with Crippen LogP contribution >= 0.6 is 22.7 Å². The molecule has 98 valence electrons. The Balaban J connectivity index is 2.30. The topological polar surface area (TPSA) is 68.0 Å². The van der Waals surface area contributed by atoms with Crippen LogP contribution in [0.4, 0.5) is 0 Å². The summed E-state index contributed by atoms with van der Waals surface area (Å²) in [5.74, 6) is -0.665. The van der Waals surface area contributed by atoms with Crippen LogP contribution in [0.3, 0.4) is 0 Å². The smallest absolute Gasteiger partial charge is 0.345 e. The number of hydrogen-bond donors (Lipinski definition) is 1. The van der Waals surface area contributed by atoms with Crippen molar-refractivity contribution in [3.8, 4) is 5.13 Å². The molecule has 5 nitrogen and oxygen atoms in total. The number of thiazole rings is 1. The summed E-state index contributed by atoms with van der Waals surface area (Å²) < 4.78 is 1.74. The zero-order valence-corrected chi connectivity index (χ0v) is 12.0. The first kappa shape index (κ1) is 12.3. The van der Waals surface area contributed by atoms with Crippen molar-refractivity contribution in [3.63, 3.8) is 0 Å². The lowest BCUT2D eigenvalue weighted by molar-refractivity contribution is 0.0702. The monoisotopic (exact) mass is 293 g/mol. The fourth-order valence-corrected chi connectivity index (χ4v) is 3.53. The molecule has 0 aliphatic rings. The first-order valence-electron chi connectivity index (χ1n) is 5.73. The Bertz CT molecular complexity index is 741. The Labute approximate surface area is 117 Å². The fraction of sp³-hybridized carbons (Fsp3) is 0.250. The van der Waals surface area contributed by atoms with Gasteiger partial charge in [0.1, 0.15) is 9.71 Å². The summed E-state index contributed by atoms with van der Waals surface area (Å²) in [5.41, 5.74) is 0.911. The standard InChI is InChI=1S/C12H11N3O2S2/c1-6(2)9-7-5-8(11(16)17)19-10(7)15(14-9)12-13-3-4-18-12/h3-6H,1-2H3,(H,16,17). The normalized spacial score (nSPS) is 11.5. The van der Waals surface area contributed by atoms with Gasteiger partial charge in [0.05, 0.1) is 5.69 Å². The van der Waals surface area contributed by atoms with E-state index in [9.17, 15) is 4.79 Å². The number of rotatable bonds is 3. The molecule has 3 heterocycles. The van der Waals surface area contributed by atoms with E-state index in [2.05, 4.69) is 10.1 Å². The van der Waals surface area contributed by atoms with Crippen LogP contribution in [0.5, 0.6) is 0 Å². The number of aromatic nitrogens is 3. The van der Waals surface area contributed by atoms with Crippen LogP contribution in [0.2, 0.25) is 0 Å². The summed E-state index contributed by atoms with van der Waals surface area (Å²) in [7, 11) is 0. The quantitative estimate of drug-likeness (QED) is 0.804. The van der Waals surface area contributed by atoms with Crippen LogP contribution in [0, 0.1) is 0 Å². The van der Waals surface area contributed by atoms with Gasteiger partial charge in [0.2, 0.25) is 5.13 Å². The Morgan fingerprint density at radius 1 is 1.47 bits per heavy atom. The van der Waals surface area contributed by atoms with Crippen molar-refractivity contribution in [2.45, 2.75) is 19.8 Å². The predicted octanol–water partition coefficient (Wildman–Crippen LogP) is 3.37.